The number of carbonyl (C=O) groups excluding carboxylic acids is 2. The standard InChI is InChI=1S/C30H49N3O5/c1-7-8-9-11-27(34)24-12-14-25(15-13-24)38-21-10-16-31-17-19-32(20-18-31)28(35)26(22-23(2)3)33(29(36)37)30(4,5)6/h12-15,23,26H,7-11,16-22H2,1-6H3,(H,36,37)/t26-/m0/s1. The summed E-state index contributed by atoms with van der Waals surface area (Å²) in [5.74, 6) is 1.07. The SMILES string of the molecule is CCCCCC(=O)c1ccc(OCCCN2CCN(C(=O)[C@H](CC(C)C)N(C(=O)O)C(C)(C)C)CC2)cc1. The third-order valence-corrected chi connectivity index (χ3v) is 6.98. The predicted molar refractivity (Wildman–Crippen MR) is 151 cm³/mol. The maximum Gasteiger partial charge on any atom is 0.408 e. The van der Waals surface area contributed by atoms with Crippen molar-refractivity contribution < 1.29 is 24.2 Å². The smallest absolute Gasteiger partial charge is 0.408 e. The van der Waals surface area contributed by atoms with Crippen LogP contribution in [-0.4, -0.2) is 88.5 Å². The number of carbonyl (C=O) groups is 3. The van der Waals surface area contributed by atoms with Crippen molar-refractivity contribution in [3.05, 3.63) is 29.8 Å². The number of Topliss-reactive ketones (excluding diaryl/α,β-unsaturated/α-hetero) is 1. The third kappa shape index (κ3) is 9.93. The summed E-state index contributed by atoms with van der Waals surface area (Å²) in [6.07, 6.45) is 4.04. The van der Waals surface area contributed by atoms with E-state index < -0.39 is 17.7 Å². The van der Waals surface area contributed by atoms with Crippen molar-refractivity contribution in [3.8, 4) is 5.75 Å². The second-order valence-electron chi connectivity index (χ2n) is 11.7. The molecule has 1 heterocycles. The number of amides is 2. The summed E-state index contributed by atoms with van der Waals surface area (Å²) in [6.45, 7) is 15.9. The van der Waals surface area contributed by atoms with Gasteiger partial charge in [0.1, 0.15) is 11.8 Å². The Morgan fingerprint density at radius 2 is 1.63 bits per heavy atom. The summed E-state index contributed by atoms with van der Waals surface area (Å²) in [6, 6.07) is 6.74. The predicted octanol–water partition coefficient (Wildman–Crippen LogP) is 5.56. The van der Waals surface area contributed by atoms with Crippen LogP contribution in [0.1, 0.15) is 90.4 Å². The highest BCUT2D eigenvalue weighted by Gasteiger charge is 2.40. The van der Waals surface area contributed by atoms with Crippen LogP contribution in [0.2, 0.25) is 0 Å². The molecule has 8 nitrogen and oxygen atoms in total. The molecule has 1 fully saturated rings. The molecule has 0 radical (unpaired) electrons. The third-order valence-electron chi connectivity index (χ3n) is 6.98. The lowest BCUT2D eigenvalue weighted by molar-refractivity contribution is -0.140. The molecular formula is C30H49N3O5. The number of hydrogen-bond acceptors (Lipinski definition) is 5. The maximum atomic E-state index is 13.4. The van der Waals surface area contributed by atoms with Gasteiger partial charge in [-0.25, -0.2) is 4.79 Å². The zero-order chi connectivity index (χ0) is 28.3. The molecule has 0 aromatic heterocycles. The van der Waals surface area contributed by atoms with Crippen LogP contribution in [0.3, 0.4) is 0 Å². The fraction of sp³-hybridized carbons (Fsp3) is 0.700. The van der Waals surface area contributed by atoms with Crippen LogP contribution in [0.15, 0.2) is 24.3 Å². The second-order valence-corrected chi connectivity index (χ2v) is 11.7. The second kappa shape index (κ2) is 15.1. The van der Waals surface area contributed by atoms with Crippen LogP contribution in [0.5, 0.6) is 5.75 Å². The molecule has 214 valence electrons. The van der Waals surface area contributed by atoms with Gasteiger partial charge < -0.3 is 14.7 Å². The molecule has 0 aliphatic carbocycles. The van der Waals surface area contributed by atoms with Crippen LogP contribution >= 0.6 is 0 Å². The summed E-state index contributed by atoms with van der Waals surface area (Å²) in [4.78, 5) is 43.2. The van der Waals surface area contributed by atoms with Crippen molar-refractivity contribution in [2.45, 2.75) is 91.6 Å². The van der Waals surface area contributed by atoms with Crippen molar-refractivity contribution in [2.24, 2.45) is 5.92 Å². The van der Waals surface area contributed by atoms with Crippen molar-refractivity contribution in [3.63, 3.8) is 0 Å². The monoisotopic (exact) mass is 531 g/mol. The minimum absolute atomic E-state index is 0.0914. The van der Waals surface area contributed by atoms with Crippen LogP contribution in [0.4, 0.5) is 4.79 Å². The minimum atomic E-state index is -1.05. The van der Waals surface area contributed by atoms with Crippen LogP contribution in [0, 0.1) is 5.92 Å². The highest BCUT2D eigenvalue weighted by molar-refractivity contribution is 5.96. The zero-order valence-corrected chi connectivity index (χ0v) is 24.4. The lowest BCUT2D eigenvalue weighted by atomic mass is 9.96. The van der Waals surface area contributed by atoms with Crippen LogP contribution in [-0.2, 0) is 4.79 Å². The first-order valence-corrected chi connectivity index (χ1v) is 14.2. The Labute approximate surface area is 229 Å². The number of ether oxygens (including phenoxy) is 1. The molecule has 38 heavy (non-hydrogen) atoms. The molecule has 1 aromatic rings. The summed E-state index contributed by atoms with van der Waals surface area (Å²) < 4.78 is 5.88. The number of ketones is 1. The Hall–Kier alpha value is -2.61. The average molecular weight is 532 g/mol. The topological polar surface area (TPSA) is 90.4 Å². The fourth-order valence-corrected chi connectivity index (χ4v) is 4.95. The first kappa shape index (κ1) is 31.6. The quantitative estimate of drug-likeness (QED) is 0.250. The first-order chi connectivity index (χ1) is 17.9. The summed E-state index contributed by atoms with van der Waals surface area (Å²) in [5, 5.41) is 9.88. The number of piperazine rings is 1. The van der Waals surface area contributed by atoms with Gasteiger partial charge in [0.05, 0.1) is 6.61 Å². The molecule has 1 aromatic carbocycles. The van der Waals surface area contributed by atoms with E-state index in [1.807, 2.05) is 63.8 Å². The van der Waals surface area contributed by atoms with Crippen LogP contribution < -0.4 is 4.74 Å². The average Bonchev–Trinajstić information content (AvgIpc) is 2.85. The van der Waals surface area contributed by atoms with E-state index in [1.54, 1.807) is 0 Å². The van der Waals surface area contributed by atoms with E-state index in [0.29, 0.717) is 32.5 Å². The van der Waals surface area contributed by atoms with E-state index in [0.717, 1.165) is 56.6 Å². The van der Waals surface area contributed by atoms with Crippen molar-refractivity contribution in [1.82, 2.24) is 14.7 Å². The number of carboxylic acid groups (broad SMARTS) is 1. The normalized spacial score (nSPS) is 15.4. The fourth-order valence-electron chi connectivity index (χ4n) is 4.95. The molecule has 1 saturated heterocycles. The van der Waals surface area contributed by atoms with Gasteiger partial charge in [-0.3, -0.25) is 19.4 Å². The summed E-state index contributed by atoms with van der Waals surface area (Å²) >= 11 is 0. The van der Waals surface area contributed by atoms with E-state index in [-0.39, 0.29) is 17.6 Å². The number of hydrogen-bond donors (Lipinski definition) is 1. The molecule has 0 bridgehead atoms. The molecular weight excluding hydrogens is 482 g/mol. The van der Waals surface area contributed by atoms with Gasteiger partial charge in [0.15, 0.2) is 5.78 Å². The van der Waals surface area contributed by atoms with Crippen molar-refractivity contribution in [2.75, 3.05) is 39.3 Å². The molecule has 1 aliphatic rings. The molecule has 2 rings (SSSR count). The number of benzene rings is 1. The van der Waals surface area contributed by atoms with Gasteiger partial charge in [0, 0.05) is 50.2 Å². The molecule has 1 N–H and O–H groups in total. The van der Waals surface area contributed by atoms with Gasteiger partial charge in [0.25, 0.3) is 0 Å². The largest absolute Gasteiger partial charge is 0.494 e. The van der Waals surface area contributed by atoms with Gasteiger partial charge in [-0.05, 0) is 70.2 Å². The molecule has 2 amide bonds. The molecule has 0 spiro atoms. The summed E-state index contributed by atoms with van der Waals surface area (Å²) in [5.41, 5.74) is 0.0818. The molecule has 0 saturated carbocycles. The number of nitrogens with zero attached hydrogens (tertiary/aromatic N) is 3. The van der Waals surface area contributed by atoms with Gasteiger partial charge in [-0.15, -0.1) is 0 Å². The van der Waals surface area contributed by atoms with Gasteiger partial charge in [0.2, 0.25) is 5.91 Å². The van der Waals surface area contributed by atoms with Gasteiger partial charge in [-0.1, -0.05) is 33.6 Å². The van der Waals surface area contributed by atoms with Crippen LogP contribution in [0.25, 0.3) is 0 Å². The highest BCUT2D eigenvalue weighted by Crippen LogP contribution is 2.24. The minimum Gasteiger partial charge on any atom is -0.494 e. The number of rotatable bonds is 14. The van der Waals surface area contributed by atoms with E-state index in [1.165, 1.54) is 4.90 Å². The van der Waals surface area contributed by atoms with Crippen molar-refractivity contribution >= 4 is 17.8 Å². The summed E-state index contributed by atoms with van der Waals surface area (Å²) in [7, 11) is 0. The van der Waals surface area contributed by atoms with E-state index in [9.17, 15) is 19.5 Å². The lowest BCUT2D eigenvalue weighted by Crippen LogP contribution is -2.60. The Morgan fingerprint density at radius 1 is 1.00 bits per heavy atom. The highest BCUT2D eigenvalue weighted by atomic mass is 16.5. The first-order valence-electron chi connectivity index (χ1n) is 14.2. The zero-order valence-electron chi connectivity index (χ0n) is 24.4. The Morgan fingerprint density at radius 3 is 2.16 bits per heavy atom. The lowest BCUT2D eigenvalue weighted by Gasteiger charge is -2.43. The number of unbranched alkanes of at least 4 members (excludes halogenated alkanes) is 2. The van der Waals surface area contributed by atoms with Crippen molar-refractivity contribution in [1.29, 1.82) is 0 Å². The Kier molecular flexibility index (Phi) is 12.6. The van der Waals surface area contributed by atoms with E-state index in [2.05, 4.69) is 11.8 Å². The molecule has 1 aliphatic heterocycles. The van der Waals surface area contributed by atoms with Gasteiger partial charge in [-0.2, -0.15) is 0 Å². The van der Waals surface area contributed by atoms with E-state index in [4.69, 9.17) is 4.74 Å². The Bertz CT molecular complexity index is 886. The Balaban J connectivity index is 1.79. The molecule has 1 atom stereocenters. The van der Waals surface area contributed by atoms with Gasteiger partial charge >= 0.3 is 6.09 Å². The molecule has 8 heteroatoms. The van der Waals surface area contributed by atoms with E-state index >= 15 is 0 Å². The molecule has 0 unspecified atom stereocenters. The maximum absolute atomic E-state index is 13.4.